The van der Waals surface area contributed by atoms with Gasteiger partial charge in [0.25, 0.3) is 0 Å². The van der Waals surface area contributed by atoms with Crippen LogP contribution in [0.15, 0.2) is 4.99 Å². The van der Waals surface area contributed by atoms with Gasteiger partial charge < -0.3 is 5.32 Å². The molecule has 0 heterocycles. The monoisotopic (exact) mass is 114 g/mol. The number of hydrogen-bond donors (Lipinski definition) is 1. The van der Waals surface area contributed by atoms with E-state index in [1.165, 1.54) is 0 Å². The first-order valence-corrected chi connectivity index (χ1v) is 2.86. The van der Waals surface area contributed by atoms with E-state index in [9.17, 15) is 0 Å². The topological polar surface area (TPSA) is 24.4 Å². The van der Waals surface area contributed by atoms with Crippen molar-refractivity contribution < 1.29 is 0 Å². The zero-order chi connectivity index (χ0) is 6.57. The molecule has 0 rings (SSSR count). The van der Waals surface area contributed by atoms with Gasteiger partial charge in [0.1, 0.15) is 0 Å². The predicted molar refractivity (Wildman–Crippen MR) is 37.3 cm³/mol. The van der Waals surface area contributed by atoms with Crippen LogP contribution in [0.2, 0.25) is 0 Å². The summed E-state index contributed by atoms with van der Waals surface area (Å²) in [5.74, 6) is 1.58. The summed E-state index contributed by atoms with van der Waals surface area (Å²) in [6, 6.07) is 0. The number of rotatable bonds is 1. The highest BCUT2D eigenvalue weighted by atomic mass is 15.0. The minimum absolute atomic E-state index is 0.519. The van der Waals surface area contributed by atoms with Crippen LogP contribution >= 0.6 is 0 Å². The van der Waals surface area contributed by atoms with Crippen LogP contribution in [0.25, 0.3) is 0 Å². The number of hydrogen-bond acceptors (Lipinski definition) is 1. The molecule has 0 unspecified atom stereocenters. The second-order valence-corrected chi connectivity index (χ2v) is 2.01. The molecule has 2 heteroatoms. The van der Waals surface area contributed by atoms with Gasteiger partial charge in [0.15, 0.2) is 0 Å². The lowest BCUT2D eigenvalue weighted by molar-refractivity contribution is 0.834. The predicted octanol–water partition coefficient (Wildman–Crippen LogP) is 0.890. The molecule has 0 bridgehead atoms. The number of amidine groups is 1. The van der Waals surface area contributed by atoms with Gasteiger partial charge >= 0.3 is 0 Å². The summed E-state index contributed by atoms with van der Waals surface area (Å²) in [5.41, 5.74) is 0. The zero-order valence-corrected chi connectivity index (χ0v) is 6.02. The van der Waals surface area contributed by atoms with Gasteiger partial charge in [0.05, 0.1) is 5.84 Å². The first-order valence-electron chi connectivity index (χ1n) is 2.86. The van der Waals surface area contributed by atoms with E-state index >= 15 is 0 Å². The van der Waals surface area contributed by atoms with E-state index in [2.05, 4.69) is 24.2 Å². The lowest BCUT2D eigenvalue weighted by atomic mass is 10.2. The van der Waals surface area contributed by atoms with Gasteiger partial charge in [-0.2, -0.15) is 0 Å². The summed E-state index contributed by atoms with van der Waals surface area (Å²) in [4.78, 5) is 4.01. The van der Waals surface area contributed by atoms with Crippen LogP contribution in [0.4, 0.5) is 0 Å². The Hall–Kier alpha value is -0.530. The third-order valence-corrected chi connectivity index (χ3v) is 1.04. The quantitative estimate of drug-likeness (QED) is 0.397. The lowest BCUT2D eigenvalue weighted by Gasteiger charge is -2.06. The second-order valence-electron chi connectivity index (χ2n) is 2.01. The average Bonchev–Trinajstić information content (AvgIpc) is 1.69. The van der Waals surface area contributed by atoms with Crippen LogP contribution in [-0.4, -0.2) is 19.9 Å². The molecule has 0 aliphatic heterocycles. The van der Waals surface area contributed by atoms with Crippen molar-refractivity contribution in [2.24, 2.45) is 10.9 Å². The van der Waals surface area contributed by atoms with Crippen molar-refractivity contribution in [2.75, 3.05) is 14.1 Å². The van der Waals surface area contributed by atoms with Crippen LogP contribution in [0, 0.1) is 5.92 Å². The Kier molecular flexibility index (Phi) is 3.24. The van der Waals surface area contributed by atoms with E-state index in [4.69, 9.17) is 0 Å². The van der Waals surface area contributed by atoms with Crippen molar-refractivity contribution in [3.05, 3.63) is 0 Å². The SMILES string of the molecule is C/N=C(\NC)C(C)C. The Morgan fingerprint density at radius 2 is 2.00 bits per heavy atom. The molecule has 0 spiro atoms. The molecule has 0 saturated heterocycles. The number of nitrogens with zero attached hydrogens (tertiary/aromatic N) is 1. The average molecular weight is 114 g/mol. The first kappa shape index (κ1) is 7.47. The highest BCUT2D eigenvalue weighted by Crippen LogP contribution is 1.90. The van der Waals surface area contributed by atoms with Crippen molar-refractivity contribution >= 4 is 5.84 Å². The molecule has 0 aromatic heterocycles. The molecule has 2 nitrogen and oxygen atoms in total. The Morgan fingerprint density at radius 3 is 2.00 bits per heavy atom. The minimum Gasteiger partial charge on any atom is -0.377 e. The van der Waals surface area contributed by atoms with E-state index in [0.717, 1.165) is 5.84 Å². The third-order valence-electron chi connectivity index (χ3n) is 1.04. The van der Waals surface area contributed by atoms with Crippen LogP contribution in [0.1, 0.15) is 13.8 Å². The number of nitrogens with one attached hydrogen (secondary N) is 1. The Balaban J connectivity index is 3.72. The van der Waals surface area contributed by atoms with Gasteiger partial charge in [-0.15, -0.1) is 0 Å². The highest BCUT2D eigenvalue weighted by molar-refractivity contribution is 5.83. The summed E-state index contributed by atoms with van der Waals surface area (Å²) in [7, 11) is 3.69. The smallest absolute Gasteiger partial charge is 0.0982 e. The molecule has 0 fully saturated rings. The van der Waals surface area contributed by atoms with Crippen molar-refractivity contribution in [1.82, 2.24) is 5.32 Å². The molecule has 8 heavy (non-hydrogen) atoms. The molecule has 0 amide bonds. The van der Waals surface area contributed by atoms with E-state index in [1.807, 2.05) is 7.05 Å². The van der Waals surface area contributed by atoms with Gasteiger partial charge in [0, 0.05) is 20.0 Å². The maximum atomic E-state index is 4.01. The molecule has 0 aromatic carbocycles. The molecule has 0 aliphatic carbocycles. The molecular weight excluding hydrogens is 100 g/mol. The summed E-state index contributed by atoms with van der Waals surface area (Å²) in [6.45, 7) is 4.22. The number of aliphatic imine (C=N–C) groups is 1. The normalized spacial score (nSPS) is 12.4. The van der Waals surface area contributed by atoms with Crippen molar-refractivity contribution in [1.29, 1.82) is 0 Å². The largest absolute Gasteiger partial charge is 0.377 e. The summed E-state index contributed by atoms with van der Waals surface area (Å²) >= 11 is 0. The first-order chi connectivity index (χ1) is 3.72. The van der Waals surface area contributed by atoms with Crippen LogP contribution in [0.3, 0.4) is 0 Å². The van der Waals surface area contributed by atoms with Crippen LogP contribution in [-0.2, 0) is 0 Å². The molecular formula is C6H14N2. The standard InChI is InChI=1S/C6H14N2/c1-5(2)6(7-3)8-4/h5H,1-4H3,(H,7,8). The maximum absolute atomic E-state index is 4.01. The van der Waals surface area contributed by atoms with Gasteiger partial charge in [-0.05, 0) is 0 Å². The Labute approximate surface area is 51.0 Å². The van der Waals surface area contributed by atoms with E-state index in [-0.39, 0.29) is 0 Å². The highest BCUT2D eigenvalue weighted by Gasteiger charge is 1.97. The molecule has 0 atom stereocenters. The fourth-order valence-corrected chi connectivity index (χ4v) is 0.659. The van der Waals surface area contributed by atoms with Gasteiger partial charge in [-0.1, -0.05) is 13.8 Å². The Morgan fingerprint density at radius 1 is 1.50 bits per heavy atom. The second kappa shape index (κ2) is 3.47. The van der Waals surface area contributed by atoms with Crippen LogP contribution < -0.4 is 5.32 Å². The van der Waals surface area contributed by atoms with E-state index in [1.54, 1.807) is 7.05 Å². The maximum Gasteiger partial charge on any atom is 0.0982 e. The van der Waals surface area contributed by atoms with Gasteiger partial charge in [-0.25, -0.2) is 0 Å². The van der Waals surface area contributed by atoms with Crippen molar-refractivity contribution in [3.63, 3.8) is 0 Å². The molecule has 1 N–H and O–H groups in total. The van der Waals surface area contributed by atoms with Gasteiger partial charge in [-0.3, -0.25) is 4.99 Å². The molecule has 0 aromatic rings. The molecule has 48 valence electrons. The Bertz CT molecular complexity index is 84.5. The third kappa shape index (κ3) is 1.96. The lowest BCUT2D eigenvalue weighted by Crippen LogP contribution is -2.23. The minimum atomic E-state index is 0.519. The van der Waals surface area contributed by atoms with Crippen molar-refractivity contribution in [2.45, 2.75) is 13.8 Å². The van der Waals surface area contributed by atoms with E-state index < -0.39 is 0 Å². The molecule has 0 aliphatic rings. The van der Waals surface area contributed by atoms with Crippen molar-refractivity contribution in [3.8, 4) is 0 Å². The fraction of sp³-hybridized carbons (Fsp3) is 0.833. The molecule has 0 saturated carbocycles. The van der Waals surface area contributed by atoms with Crippen LogP contribution in [0.5, 0.6) is 0 Å². The summed E-state index contributed by atoms with van der Waals surface area (Å²) in [6.07, 6.45) is 0. The van der Waals surface area contributed by atoms with E-state index in [0.29, 0.717) is 5.92 Å². The molecule has 0 radical (unpaired) electrons. The summed E-state index contributed by atoms with van der Waals surface area (Å²) in [5, 5.41) is 3.00. The fourth-order valence-electron chi connectivity index (χ4n) is 0.659. The zero-order valence-electron chi connectivity index (χ0n) is 6.02. The summed E-state index contributed by atoms with van der Waals surface area (Å²) < 4.78 is 0. The van der Waals surface area contributed by atoms with Gasteiger partial charge in [0.2, 0.25) is 0 Å².